The largest absolute Gasteiger partial charge is 0.486 e. The SMILES string of the molecule is CC(C(N)c1ccc(-c2ccc3ncnc(Nc4ccc(OCc5ccccn5)c(Cl)c4)c3c2)o1)S(C)(=O)=O. The van der Waals surface area contributed by atoms with E-state index in [1.807, 2.05) is 42.5 Å². The number of ether oxygens (including phenoxy) is 1. The molecule has 2 aromatic carbocycles. The van der Waals surface area contributed by atoms with Gasteiger partial charge in [0.1, 0.15) is 36.0 Å². The van der Waals surface area contributed by atoms with Crippen LogP contribution in [0.2, 0.25) is 5.02 Å². The van der Waals surface area contributed by atoms with E-state index < -0.39 is 21.1 Å². The Hall–Kier alpha value is -3.99. The Morgan fingerprint density at radius 3 is 2.64 bits per heavy atom. The van der Waals surface area contributed by atoms with Gasteiger partial charge in [-0.25, -0.2) is 18.4 Å². The van der Waals surface area contributed by atoms with Crippen LogP contribution in [0.3, 0.4) is 0 Å². The monoisotopic (exact) mass is 563 g/mol. The van der Waals surface area contributed by atoms with Crippen LogP contribution >= 0.6 is 11.6 Å². The van der Waals surface area contributed by atoms with Crippen molar-refractivity contribution in [1.82, 2.24) is 15.0 Å². The fourth-order valence-electron chi connectivity index (χ4n) is 3.96. The summed E-state index contributed by atoms with van der Waals surface area (Å²) in [6.07, 6.45) is 4.35. The van der Waals surface area contributed by atoms with Gasteiger partial charge < -0.3 is 20.2 Å². The van der Waals surface area contributed by atoms with Gasteiger partial charge in [0.15, 0.2) is 9.84 Å². The predicted octanol–water partition coefficient (Wildman–Crippen LogP) is 5.69. The van der Waals surface area contributed by atoms with Gasteiger partial charge in [-0.1, -0.05) is 17.7 Å². The van der Waals surface area contributed by atoms with Gasteiger partial charge in [-0.3, -0.25) is 4.98 Å². The van der Waals surface area contributed by atoms with E-state index in [2.05, 4.69) is 20.3 Å². The van der Waals surface area contributed by atoms with Crippen molar-refractivity contribution in [1.29, 1.82) is 0 Å². The first-order valence-corrected chi connectivity index (χ1v) is 14.4. The van der Waals surface area contributed by atoms with Crippen molar-refractivity contribution in [2.75, 3.05) is 11.6 Å². The maximum absolute atomic E-state index is 11.9. The molecule has 5 rings (SSSR count). The quantitative estimate of drug-likeness (QED) is 0.232. The van der Waals surface area contributed by atoms with Gasteiger partial charge in [-0.2, -0.15) is 0 Å². The average Bonchev–Trinajstić information content (AvgIpc) is 3.42. The molecule has 0 aliphatic rings. The number of nitrogens with zero attached hydrogens (tertiary/aromatic N) is 3. The van der Waals surface area contributed by atoms with Crippen molar-refractivity contribution < 1.29 is 17.6 Å². The molecule has 0 saturated heterocycles. The van der Waals surface area contributed by atoms with Crippen molar-refractivity contribution in [2.24, 2.45) is 5.73 Å². The highest BCUT2D eigenvalue weighted by Crippen LogP contribution is 2.33. The van der Waals surface area contributed by atoms with Gasteiger partial charge in [-0.15, -0.1) is 0 Å². The van der Waals surface area contributed by atoms with E-state index in [0.29, 0.717) is 34.7 Å². The van der Waals surface area contributed by atoms with Crippen LogP contribution in [0.25, 0.3) is 22.2 Å². The third-order valence-electron chi connectivity index (χ3n) is 6.35. The number of pyridine rings is 1. The normalized spacial score (nSPS) is 13.2. The maximum atomic E-state index is 11.9. The number of nitrogens with one attached hydrogen (secondary N) is 1. The maximum Gasteiger partial charge on any atom is 0.152 e. The van der Waals surface area contributed by atoms with Crippen LogP contribution < -0.4 is 15.8 Å². The number of fused-ring (bicyclic) bond motifs is 1. The summed E-state index contributed by atoms with van der Waals surface area (Å²) in [5.41, 5.74) is 9.18. The summed E-state index contributed by atoms with van der Waals surface area (Å²) in [5.74, 6) is 2.06. The van der Waals surface area contributed by atoms with E-state index in [-0.39, 0.29) is 0 Å². The number of aromatic nitrogens is 3. The third kappa shape index (κ3) is 6.03. The number of furan rings is 1. The molecule has 39 heavy (non-hydrogen) atoms. The van der Waals surface area contributed by atoms with E-state index in [4.69, 9.17) is 26.5 Å². The second-order valence-electron chi connectivity index (χ2n) is 9.10. The molecule has 0 aliphatic heterocycles. The van der Waals surface area contributed by atoms with E-state index in [0.717, 1.165) is 34.1 Å². The number of hydrogen-bond donors (Lipinski definition) is 2. The molecule has 200 valence electrons. The zero-order chi connectivity index (χ0) is 27.6. The third-order valence-corrected chi connectivity index (χ3v) is 8.29. The topological polar surface area (TPSA) is 133 Å². The van der Waals surface area contributed by atoms with Crippen molar-refractivity contribution in [3.63, 3.8) is 0 Å². The Bertz CT molecular complexity index is 1730. The van der Waals surface area contributed by atoms with Gasteiger partial charge in [0.25, 0.3) is 0 Å². The second-order valence-corrected chi connectivity index (χ2v) is 11.9. The summed E-state index contributed by atoms with van der Waals surface area (Å²) in [5, 5.41) is 3.72. The highest BCUT2D eigenvalue weighted by molar-refractivity contribution is 7.91. The number of nitrogens with two attached hydrogens (primary N) is 1. The number of halogens is 1. The minimum Gasteiger partial charge on any atom is -0.486 e. The average molecular weight is 564 g/mol. The van der Waals surface area contributed by atoms with E-state index in [1.165, 1.54) is 6.33 Å². The first kappa shape index (κ1) is 26.6. The predicted molar refractivity (Wildman–Crippen MR) is 152 cm³/mol. The Labute approximate surface area is 230 Å². The molecule has 3 N–H and O–H groups in total. The van der Waals surface area contributed by atoms with Crippen molar-refractivity contribution in [3.8, 4) is 17.1 Å². The molecule has 3 aromatic heterocycles. The Balaban J connectivity index is 1.37. The minimum atomic E-state index is -3.32. The Kier molecular flexibility index (Phi) is 7.51. The molecule has 9 nitrogen and oxygen atoms in total. The molecule has 0 spiro atoms. The summed E-state index contributed by atoms with van der Waals surface area (Å²) < 4.78 is 35.6. The molecule has 0 amide bonds. The first-order valence-electron chi connectivity index (χ1n) is 12.1. The minimum absolute atomic E-state index is 0.305. The number of benzene rings is 2. The Morgan fingerprint density at radius 1 is 1.05 bits per heavy atom. The van der Waals surface area contributed by atoms with Crippen LogP contribution in [-0.2, 0) is 16.4 Å². The number of rotatable bonds is 9. The van der Waals surface area contributed by atoms with Gasteiger partial charge in [0.2, 0.25) is 0 Å². The van der Waals surface area contributed by atoms with Crippen LogP contribution in [0.5, 0.6) is 5.75 Å². The van der Waals surface area contributed by atoms with Gasteiger partial charge in [0.05, 0.1) is 27.5 Å². The summed E-state index contributed by atoms with van der Waals surface area (Å²) in [4.78, 5) is 13.0. The van der Waals surface area contributed by atoms with Gasteiger partial charge in [0, 0.05) is 29.1 Å². The van der Waals surface area contributed by atoms with Crippen LogP contribution in [0.15, 0.2) is 83.7 Å². The molecule has 3 heterocycles. The van der Waals surface area contributed by atoms with E-state index in [1.54, 1.807) is 37.4 Å². The van der Waals surface area contributed by atoms with Gasteiger partial charge >= 0.3 is 0 Å². The Morgan fingerprint density at radius 2 is 1.90 bits per heavy atom. The molecular weight excluding hydrogens is 538 g/mol. The number of sulfone groups is 1. The molecule has 0 radical (unpaired) electrons. The molecule has 0 fully saturated rings. The fourth-order valence-corrected chi connectivity index (χ4v) is 4.86. The lowest BCUT2D eigenvalue weighted by molar-refractivity contribution is 0.301. The highest BCUT2D eigenvalue weighted by Gasteiger charge is 2.26. The molecule has 0 aliphatic carbocycles. The van der Waals surface area contributed by atoms with Crippen LogP contribution in [0, 0.1) is 0 Å². The fraction of sp³-hybridized carbons (Fsp3) is 0.179. The summed E-state index contributed by atoms with van der Waals surface area (Å²) in [6.45, 7) is 1.87. The second kappa shape index (κ2) is 11.0. The van der Waals surface area contributed by atoms with Crippen LogP contribution in [0.1, 0.15) is 24.4 Å². The van der Waals surface area contributed by atoms with E-state index in [9.17, 15) is 8.42 Å². The number of anilines is 2. The first-order chi connectivity index (χ1) is 18.7. The molecule has 11 heteroatoms. The van der Waals surface area contributed by atoms with Gasteiger partial charge in [-0.05, 0) is 67.6 Å². The van der Waals surface area contributed by atoms with Crippen LogP contribution in [0.4, 0.5) is 11.5 Å². The molecule has 0 saturated carbocycles. The lowest BCUT2D eigenvalue weighted by Gasteiger charge is -2.15. The van der Waals surface area contributed by atoms with E-state index >= 15 is 0 Å². The highest BCUT2D eigenvalue weighted by atomic mass is 35.5. The van der Waals surface area contributed by atoms with Crippen molar-refractivity contribution in [3.05, 3.63) is 95.7 Å². The molecule has 5 aromatic rings. The van der Waals surface area contributed by atoms with Crippen molar-refractivity contribution in [2.45, 2.75) is 24.8 Å². The molecule has 2 unspecified atom stereocenters. The van der Waals surface area contributed by atoms with Crippen molar-refractivity contribution >= 4 is 43.8 Å². The lowest BCUT2D eigenvalue weighted by atomic mass is 10.1. The number of hydrogen-bond acceptors (Lipinski definition) is 9. The van der Waals surface area contributed by atoms with Crippen LogP contribution in [-0.4, -0.2) is 34.9 Å². The standard InChI is InChI=1S/C28H26ClN5O4S/c1-17(39(2,35)36)27(30)26-11-10-24(38-26)18-6-8-23-21(13-18)28(33-16-32-23)34-19-7-9-25(22(29)14-19)37-15-20-5-3-4-12-31-20/h3-14,16-17,27H,15,30H2,1-2H3,(H,32,33,34). The molecule has 2 atom stereocenters. The zero-order valence-electron chi connectivity index (χ0n) is 21.2. The summed E-state index contributed by atoms with van der Waals surface area (Å²) in [7, 11) is -3.32. The summed E-state index contributed by atoms with van der Waals surface area (Å²) >= 11 is 6.49. The summed E-state index contributed by atoms with van der Waals surface area (Å²) in [6, 6.07) is 19.3. The smallest absolute Gasteiger partial charge is 0.152 e. The lowest BCUT2D eigenvalue weighted by Crippen LogP contribution is -2.30. The molecule has 0 bridgehead atoms. The zero-order valence-corrected chi connectivity index (χ0v) is 22.8. The molecular formula is C28H26ClN5O4S.